The maximum Gasteiger partial charge on any atom is 0.258 e. The Kier molecular flexibility index (Phi) is 5.71. The summed E-state index contributed by atoms with van der Waals surface area (Å²) in [5.74, 6) is 3.21. The number of methoxy groups -OCH3 is 1. The number of hydrogen-bond donors (Lipinski definition) is 2. The number of nitrogens with one attached hydrogen (secondary N) is 1. The average Bonchev–Trinajstić information content (AvgIpc) is 2.42. The van der Waals surface area contributed by atoms with E-state index in [4.69, 9.17) is 21.6 Å². The molecule has 0 aliphatic rings. The van der Waals surface area contributed by atoms with Gasteiger partial charge in [-0.15, -0.1) is 6.42 Å². The van der Waals surface area contributed by atoms with Gasteiger partial charge in [-0.05, 0) is 13.0 Å². The summed E-state index contributed by atoms with van der Waals surface area (Å²) in [6.45, 7) is 1.90. The first-order valence-corrected chi connectivity index (χ1v) is 5.85. The smallest absolute Gasteiger partial charge is 0.258 e. The maximum absolute atomic E-state index is 11.4. The van der Waals surface area contributed by atoms with Crippen molar-refractivity contribution in [1.29, 1.82) is 0 Å². The minimum atomic E-state index is -0.281. The van der Waals surface area contributed by atoms with Crippen molar-refractivity contribution in [3.05, 3.63) is 23.8 Å². The van der Waals surface area contributed by atoms with Gasteiger partial charge in [0.2, 0.25) is 0 Å². The highest BCUT2D eigenvalue weighted by atomic mass is 16.5. The van der Waals surface area contributed by atoms with Gasteiger partial charge in [-0.2, -0.15) is 0 Å². The van der Waals surface area contributed by atoms with Gasteiger partial charge in [0, 0.05) is 17.7 Å². The molecule has 19 heavy (non-hydrogen) atoms. The number of hydrogen-bond acceptors (Lipinski definition) is 4. The van der Waals surface area contributed by atoms with Crippen molar-refractivity contribution in [2.45, 2.75) is 13.0 Å². The van der Waals surface area contributed by atoms with Gasteiger partial charge in [-0.3, -0.25) is 4.79 Å². The molecule has 0 aliphatic heterocycles. The second-order valence-corrected chi connectivity index (χ2v) is 3.96. The molecule has 5 heteroatoms. The fourth-order valence-corrected chi connectivity index (χ4v) is 1.49. The number of terminal acetylenes is 1. The number of nitrogens with two attached hydrogens (primary N) is 1. The minimum absolute atomic E-state index is 0.117. The first-order valence-electron chi connectivity index (χ1n) is 5.85. The summed E-state index contributed by atoms with van der Waals surface area (Å²) >= 11 is 0. The van der Waals surface area contributed by atoms with Crippen molar-refractivity contribution < 1.29 is 14.3 Å². The van der Waals surface area contributed by atoms with Crippen LogP contribution in [0.25, 0.3) is 0 Å². The van der Waals surface area contributed by atoms with Crippen LogP contribution >= 0.6 is 0 Å². The lowest BCUT2D eigenvalue weighted by molar-refractivity contribution is -0.122. The van der Waals surface area contributed by atoms with Crippen LogP contribution in [0.3, 0.4) is 0 Å². The Morgan fingerprint density at radius 1 is 1.58 bits per heavy atom. The van der Waals surface area contributed by atoms with Crippen LogP contribution in [0.2, 0.25) is 0 Å². The van der Waals surface area contributed by atoms with Crippen molar-refractivity contribution in [1.82, 2.24) is 5.32 Å². The van der Waals surface area contributed by atoms with Gasteiger partial charge in [-0.25, -0.2) is 0 Å². The van der Waals surface area contributed by atoms with Crippen LogP contribution in [0.1, 0.15) is 18.5 Å². The molecule has 1 aromatic rings. The molecule has 1 amide bonds. The first kappa shape index (κ1) is 14.9. The number of benzene rings is 1. The lowest BCUT2D eigenvalue weighted by atomic mass is 10.1. The van der Waals surface area contributed by atoms with Crippen molar-refractivity contribution in [2.75, 3.05) is 20.3 Å². The second-order valence-electron chi connectivity index (χ2n) is 3.96. The fourth-order valence-electron chi connectivity index (χ4n) is 1.49. The van der Waals surface area contributed by atoms with E-state index in [1.165, 1.54) is 0 Å². The molecule has 1 aromatic carbocycles. The SMILES string of the molecule is C#CCNC(=O)COc1cc(OC)ccc1[C@H](C)N. The molecule has 0 fully saturated rings. The molecule has 3 N–H and O–H groups in total. The van der Waals surface area contributed by atoms with Gasteiger partial charge in [0.15, 0.2) is 6.61 Å². The summed E-state index contributed by atoms with van der Waals surface area (Å²) in [7, 11) is 1.56. The first-order chi connectivity index (χ1) is 9.08. The Bertz CT molecular complexity index is 478. The zero-order valence-electron chi connectivity index (χ0n) is 11.1. The minimum Gasteiger partial charge on any atom is -0.497 e. The van der Waals surface area contributed by atoms with Gasteiger partial charge in [-0.1, -0.05) is 12.0 Å². The standard InChI is InChI=1S/C14H18N2O3/c1-4-7-16-14(17)9-19-13-8-11(18-3)5-6-12(13)10(2)15/h1,5-6,8,10H,7,9,15H2,2-3H3,(H,16,17)/t10-/m0/s1. The third-order valence-corrected chi connectivity index (χ3v) is 2.46. The summed E-state index contributed by atoms with van der Waals surface area (Å²) in [5.41, 5.74) is 6.66. The van der Waals surface area contributed by atoms with Crippen LogP contribution in [0.15, 0.2) is 18.2 Å². The average molecular weight is 262 g/mol. The molecule has 0 saturated heterocycles. The van der Waals surface area contributed by atoms with Crippen molar-refractivity contribution in [2.24, 2.45) is 5.73 Å². The molecule has 0 heterocycles. The highest BCUT2D eigenvalue weighted by Gasteiger charge is 2.11. The highest BCUT2D eigenvalue weighted by molar-refractivity contribution is 5.77. The van der Waals surface area contributed by atoms with Crippen LogP contribution < -0.4 is 20.5 Å². The molecule has 1 rings (SSSR count). The zero-order valence-corrected chi connectivity index (χ0v) is 11.1. The Labute approximate surface area is 113 Å². The Hall–Kier alpha value is -2.19. The van der Waals surface area contributed by atoms with E-state index in [-0.39, 0.29) is 25.1 Å². The molecular formula is C14H18N2O3. The molecule has 0 bridgehead atoms. The third kappa shape index (κ3) is 4.53. The van der Waals surface area contributed by atoms with Crippen LogP contribution in [0, 0.1) is 12.3 Å². The lowest BCUT2D eigenvalue weighted by Gasteiger charge is -2.15. The quantitative estimate of drug-likeness (QED) is 0.745. The van der Waals surface area contributed by atoms with Crippen LogP contribution in [0.4, 0.5) is 0 Å². The van der Waals surface area contributed by atoms with Gasteiger partial charge >= 0.3 is 0 Å². The Morgan fingerprint density at radius 3 is 2.89 bits per heavy atom. The van der Waals surface area contributed by atoms with E-state index < -0.39 is 0 Å². The fraction of sp³-hybridized carbons (Fsp3) is 0.357. The number of carbonyl (C=O) groups is 1. The molecule has 0 aliphatic carbocycles. The molecule has 0 spiro atoms. The summed E-state index contributed by atoms with van der Waals surface area (Å²) in [6.07, 6.45) is 5.05. The van der Waals surface area contributed by atoms with Gasteiger partial charge < -0.3 is 20.5 Å². The molecule has 0 saturated carbocycles. The Balaban J connectivity index is 2.75. The van der Waals surface area contributed by atoms with Crippen LogP contribution in [-0.2, 0) is 4.79 Å². The van der Waals surface area contributed by atoms with Crippen molar-refractivity contribution >= 4 is 5.91 Å². The molecule has 0 unspecified atom stereocenters. The lowest BCUT2D eigenvalue weighted by Crippen LogP contribution is -2.29. The van der Waals surface area contributed by atoms with Gasteiger partial charge in [0.1, 0.15) is 11.5 Å². The van der Waals surface area contributed by atoms with E-state index >= 15 is 0 Å². The number of rotatable bonds is 6. The molecule has 102 valence electrons. The van der Waals surface area contributed by atoms with Gasteiger partial charge in [0.25, 0.3) is 5.91 Å². The normalized spacial score (nSPS) is 11.3. The van der Waals surface area contributed by atoms with E-state index in [0.717, 1.165) is 5.56 Å². The Morgan fingerprint density at radius 2 is 2.32 bits per heavy atom. The van der Waals surface area contributed by atoms with E-state index in [9.17, 15) is 4.79 Å². The largest absolute Gasteiger partial charge is 0.497 e. The molecule has 0 aromatic heterocycles. The predicted octanol–water partition coefficient (Wildman–Crippen LogP) is 0.843. The van der Waals surface area contributed by atoms with Crippen molar-refractivity contribution in [3.63, 3.8) is 0 Å². The number of amides is 1. The molecule has 0 radical (unpaired) electrons. The van der Waals surface area contributed by atoms with Crippen molar-refractivity contribution in [3.8, 4) is 23.8 Å². The second kappa shape index (κ2) is 7.29. The summed E-state index contributed by atoms with van der Waals surface area (Å²) in [5, 5.41) is 2.52. The van der Waals surface area contributed by atoms with Crippen LogP contribution in [-0.4, -0.2) is 26.2 Å². The molecule has 5 nitrogen and oxygen atoms in total. The number of carbonyl (C=O) groups excluding carboxylic acids is 1. The monoisotopic (exact) mass is 262 g/mol. The summed E-state index contributed by atoms with van der Waals surface area (Å²) in [6, 6.07) is 5.12. The van der Waals surface area contributed by atoms with E-state index in [1.807, 2.05) is 13.0 Å². The van der Waals surface area contributed by atoms with E-state index in [2.05, 4.69) is 11.2 Å². The summed E-state index contributed by atoms with van der Waals surface area (Å²) in [4.78, 5) is 11.4. The van der Waals surface area contributed by atoms with Gasteiger partial charge in [0.05, 0.1) is 13.7 Å². The highest BCUT2D eigenvalue weighted by Crippen LogP contribution is 2.28. The third-order valence-electron chi connectivity index (χ3n) is 2.46. The topological polar surface area (TPSA) is 73.6 Å². The van der Waals surface area contributed by atoms with Crippen LogP contribution in [0.5, 0.6) is 11.5 Å². The maximum atomic E-state index is 11.4. The molecular weight excluding hydrogens is 244 g/mol. The zero-order chi connectivity index (χ0) is 14.3. The molecule has 1 atom stereocenters. The number of ether oxygens (including phenoxy) is 2. The van der Waals surface area contributed by atoms with E-state index in [0.29, 0.717) is 11.5 Å². The van der Waals surface area contributed by atoms with E-state index in [1.54, 1.807) is 19.2 Å². The summed E-state index contributed by atoms with van der Waals surface area (Å²) < 4.78 is 10.6. The predicted molar refractivity (Wildman–Crippen MR) is 72.9 cm³/mol.